The largest absolute Gasteiger partial charge is 0.352 e. The zero-order valence-corrected chi connectivity index (χ0v) is 20.5. The van der Waals surface area contributed by atoms with Crippen molar-refractivity contribution in [2.24, 2.45) is 23.3 Å². The van der Waals surface area contributed by atoms with Crippen LogP contribution in [0.1, 0.15) is 58.3 Å². The number of rotatable bonds is 6. The molecule has 3 aromatic rings. The van der Waals surface area contributed by atoms with Crippen LogP contribution in [0.5, 0.6) is 0 Å². The smallest absolute Gasteiger partial charge is 0.225 e. The van der Waals surface area contributed by atoms with Gasteiger partial charge in [0.1, 0.15) is 0 Å². The summed E-state index contributed by atoms with van der Waals surface area (Å²) in [6, 6.07) is 23.6. The predicted octanol–water partition coefficient (Wildman–Crippen LogP) is 3.44. The van der Waals surface area contributed by atoms with Crippen molar-refractivity contribution in [3.63, 3.8) is 0 Å². The minimum absolute atomic E-state index is 0.00117. The number of carbonyl (C=O) groups is 2. The van der Waals surface area contributed by atoms with Crippen molar-refractivity contribution < 1.29 is 9.59 Å². The summed E-state index contributed by atoms with van der Waals surface area (Å²) in [5.41, 5.74) is 19.5. The van der Waals surface area contributed by atoms with Crippen LogP contribution in [0.2, 0.25) is 0 Å². The van der Waals surface area contributed by atoms with Crippen LogP contribution in [-0.4, -0.2) is 11.8 Å². The molecule has 4 atom stereocenters. The summed E-state index contributed by atoms with van der Waals surface area (Å²) in [5, 5.41) is 6.11. The molecule has 2 aliphatic rings. The molecule has 0 aliphatic heterocycles. The van der Waals surface area contributed by atoms with Gasteiger partial charge < -0.3 is 22.1 Å². The molecule has 5 rings (SSSR count). The number of nitrogens with one attached hydrogen (secondary N) is 2. The molecule has 0 aromatic heterocycles. The van der Waals surface area contributed by atoms with E-state index in [0.29, 0.717) is 13.1 Å². The molecule has 0 unspecified atom stereocenters. The molecule has 2 aliphatic carbocycles. The van der Waals surface area contributed by atoms with Crippen LogP contribution >= 0.6 is 0 Å². The molecule has 0 radical (unpaired) electrons. The number of aryl methyl sites for hydroxylation is 2. The van der Waals surface area contributed by atoms with Crippen LogP contribution < -0.4 is 22.1 Å². The van der Waals surface area contributed by atoms with Crippen LogP contribution in [-0.2, 0) is 35.5 Å². The number of hydrogen-bond donors (Lipinski definition) is 4. The van der Waals surface area contributed by atoms with E-state index < -0.39 is 0 Å². The molecule has 186 valence electrons. The lowest BCUT2D eigenvalue weighted by molar-refractivity contribution is -0.127. The summed E-state index contributed by atoms with van der Waals surface area (Å²) < 4.78 is 0. The van der Waals surface area contributed by atoms with E-state index in [4.69, 9.17) is 11.5 Å². The fraction of sp³-hybridized carbons (Fsp3) is 0.333. The molecule has 0 fully saturated rings. The molecule has 0 saturated carbocycles. The normalized spacial score (nSPS) is 22.7. The minimum atomic E-state index is -0.272. The van der Waals surface area contributed by atoms with E-state index in [0.717, 1.165) is 47.9 Å². The van der Waals surface area contributed by atoms with Gasteiger partial charge in [-0.05, 0) is 59.1 Å². The first-order chi connectivity index (χ1) is 17.5. The van der Waals surface area contributed by atoms with E-state index in [1.165, 1.54) is 11.1 Å². The summed E-state index contributed by atoms with van der Waals surface area (Å²) in [7, 11) is 0. The first-order valence-electron chi connectivity index (χ1n) is 12.8. The number of nitrogens with two attached hydrogens (primary N) is 2. The van der Waals surface area contributed by atoms with Crippen LogP contribution in [0.15, 0.2) is 72.8 Å². The maximum absolute atomic E-state index is 12.8. The fourth-order valence-electron chi connectivity index (χ4n) is 5.59. The van der Waals surface area contributed by atoms with Gasteiger partial charge in [0.05, 0.1) is 11.8 Å². The lowest BCUT2D eigenvalue weighted by Crippen LogP contribution is -2.39. The number of hydrogen-bond acceptors (Lipinski definition) is 4. The Kier molecular flexibility index (Phi) is 7.16. The Labute approximate surface area is 212 Å². The quantitative estimate of drug-likeness (QED) is 0.431. The highest BCUT2D eigenvalue weighted by molar-refractivity contribution is 5.80. The van der Waals surface area contributed by atoms with Gasteiger partial charge in [0.15, 0.2) is 0 Å². The van der Waals surface area contributed by atoms with Gasteiger partial charge in [-0.1, -0.05) is 72.8 Å². The van der Waals surface area contributed by atoms with E-state index in [-0.39, 0.29) is 35.7 Å². The van der Waals surface area contributed by atoms with Crippen LogP contribution in [0.3, 0.4) is 0 Å². The van der Waals surface area contributed by atoms with E-state index in [2.05, 4.69) is 22.8 Å². The average Bonchev–Trinajstić information content (AvgIpc) is 2.91. The predicted molar refractivity (Wildman–Crippen MR) is 140 cm³/mol. The Morgan fingerprint density at radius 1 is 0.639 bits per heavy atom. The van der Waals surface area contributed by atoms with Gasteiger partial charge >= 0.3 is 0 Å². The van der Waals surface area contributed by atoms with Crippen molar-refractivity contribution in [1.29, 1.82) is 0 Å². The number of benzene rings is 3. The first-order valence-corrected chi connectivity index (χ1v) is 12.8. The molecule has 0 saturated heterocycles. The van der Waals surface area contributed by atoms with Crippen molar-refractivity contribution in [2.45, 2.75) is 50.9 Å². The highest BCUT2D eigenvalue weighted by Crippen LogP contribution is 2.33. The third kappa shape index (κ3) is 5.06. The van der Waals surface area contributed by atoms with Crippen LogP contribution in [0.25, 0.3) is 0 Å². The summed E-state index contributed by atoms with van der Waals surface area (Å²) >= 11 is 0. The number of carbonyl (C=O) groups excluding carboxylic acids is 2. The third-order valence-electron chi connectivity index (χ3n) is 7.77. The topological polar surface area (TPSA) is 110 Å². The van der Waals surface area contributed by atoms with Crippen molar-refractivity contribution in [3.05, 3.63) is 106 Å². The maximum Gasteiger partial charge on any atom is 0.225 e. The molecular formula is C30H34N4O2. The maximum atomic E-state index is 12.8. The van der Waals surface area contributed by atoms with Crippen molar-refractivity contribution in [1.82, 2.24) is 10.6 Å². The lowest BCUT2D eigenvalue weighted by Gasteiger charge is -2.30. The summed E-state index contributed by atoms with van der Waals surface area (Å²) in [4.78, 5) is 25.7. The summed E-state index contributed by atoms with van der Waals surface area (Å²) in [6.07, 6.45) is 3.28. The van der Waals surface area contributed by atoms with E-state index in [9.17, 15) is 9.59 Å². The van der Waals surface area contributed by atoms with E-state index in [1.54, 1.807) is 0 Å². The summed E-state index contributed by atoms with van der Waals surface area (Å²) in [6.45, 7) is 0.902. The van der Waals surface area contributed by atoms with Crippen molar-refractivity contribution >= 4 is 11.8 Å². The second-order valence-electron chi connectivity index (χ2n) is 9.99. The second-order valence-corrected chi connectivity index (χ2v) is 9.99. The SMILES string of the molecule is N[C@H]1c2ccccc2CC[C@H]1C(=O)NCc1ccc(CNC(=O)[C@@H]2CCc3ccccc3[C@@H]2N)cc1. The Balaban J connectivity index is 1.11. The van der Waals surface area contributed by atoms with Gasteiger partial charge in [-0.2, -0.15) is 0 Å². The van der Waals surface area contributed by atoms with Gasteiger partial charge in [0, 0.05) is 25.2 Å². The highest BCUT2D eigenvalue weighted by Gasteiger charge is 2.32. The van der Waals surface area contributed by atoms with E-state index in [1.807, 2.05) is 60.7 Å². The molecule has 0 spiro atoms. The molecule has 6 nitrogen and oxygen atoms in total. The minimum Gasteiger partial charge on any atom is -0.352 e. The van der Waals surface area contributed by atoms with Crippen molar-refractivity contribution in [3.8, 4) is 0 Å². The van der Waals surface area contributed by atoms with Crippen LogP contribution in [0, 0.1) is 11.8 Å². The standard InChI is InChI=1S/C30H34N4O2/c31-27-23-7-3-1-5-21(23)13-15-25(27)29(35)33-17-19-9-11-20(12-10-19)18-34-30(36)26-16-14-22-6-2-4-8-24(22)28(26)32/h1-12,25-28H,13-18,31-32H2,(H,33,35)(H,34,36)/t25-,26-,27+,28+/m1/s1. The average molecular weight is 483 g/mol. The van der Waals surface area contributed by atoms with Gasteiger partial charge in [0.2, 0.25) is 11.8 Å². The van der Waals surface area contributed by atoms with E-state index >= 15 is 0 Å². The molecular weight excluding hydrogens is 448 g/mol. The third-order valence-corrected chi connectivity index (χ3v) is 7.77. The molecule has 6 N–H and O–H groups in total. The number of amides is 2. The number of fused-ring (bicyclic) bond motifs is 2. The molecule has 36 heavy (non-hydrogen) atoms. The zero-order chi connectivity index (χ0) is 25.1. The molecule has 0 heterocycles. The zero-order valence-electron chi connectivity index (χ0n) is 20.5. The van der Waals surface area contributed by atoms with Crippen LogP contribution in [0.4, 0.5) is 0 Å². The monoisotopic (exact) mass is 482 g/mol. The van der Waals surface area contributed by atoms with Crippen molar-refractivity contribution in [2.75, 3.05) is 0 Å². The molecule has 2 amide bonds. The Bertz CT molecular complexity index is 1140. The Morgan fingerprint density at radius 3 is 1.44 bits per heavy atom. The van der Waals surface area contributed by atoms with Gasteiger partial charge in [0.25, 0.3) is 0 Å². The first kappa shape index (κ1) is 24.2. The van der Waals surface area contributed by atoms with Gasteiger partial charge in [-0.15, -0.1) is 0 Å². The summed E-state index contributed by atoms with van der Waals surface area (Å²) in [5.74, 6) is -0.433. The second kappa shape index (κ2) is 10.6. The fourth-order valence-corrected chi connectivity index (χ4v) is 5.59. The van der Waals surface area contributed by atoms with Gasteiger partial charge in [-0.25, -0.2) is 0 Å². The Hall–Kier alpha value is -3.48. The molecule has 3 aromatic carbocycles. The molecule has 0 bridgehead atoms. The van der Waals surface area contributed by atoms with Gasteiger partial charge in [-0.3, -0.25) is 9.59 Å². The highest BCUT2D eigenvalue weighted by atomic mass is 16.2. The molecule has 6 heteroatoms. The Morgan fingerprint density at radius 2 is 1.03 bits per heavy atom. The lowest BCUT2D eigenvalue weighted by atomic mass is 9.79.